The first-order valence-electron chi connectivity index (χ1n) is 9.78. The monoisotopic (exact) mass is 407 g/mol. The van der Waals surface area contributed by atoms with Gasteiger partial charge in [-0.1, -0.05) is 24.3 Å². The van der Waals surface area contributed by atoms with Gasteiger partial charge in [0.05, 0.1) is 11.4 Å². The number of likely N-dealkylation sites (N-methyl/N-ethyl adjacent to an activating group) is 1. The quantitative estimate of drug-likeness (QED) is 0.661. The predicted molar refractivity (Wildman–Crippen MR) is 119 cm³/mol. The van der Waals surface area contributed by atoms with Crippen LogP contribution in [0.1, 0.15) is 15.2 Å². The third-order valence-corrected chi connectivity index (χ3v) is 5.90. The van der Waals surface area contributed by atoms with Crippen molar-refractivity contribution in [1.29, 1.82) is 0 Å². The van der Waals surface area contributed by atoms with Crippen molar-refractivity contribution in [2.45, 2.75) is 6.61 Å². The maximum absolute atomic E-state index is 12.9. The van der Waals surface area contributed by atoms with Gasteiger partial charge in [-0.15, -0.1) is 11.3 Å². The maximum atomic E-state index is 12.9. The van der Waals surface area contributed by atoms with E-state index in [1.165, 1.54) is 0 Å². The summed E-state index contributed by atoms with van der Waals surface area (Å²) in [4.78, 5) is 18.7. The molecule has 1 aliphatic heterocycles. The van der Waals surface area contributed by atoms with Gasteiger partial charge in [0.25, 0.3) is 5.91 Å². The van der Waals surface area contributed by atoms with Crippen LogP contribution in [0.15, 0.2) is 66.0 Å². The Morgan fingerprint density at radius 1 is 1.03 bits per heavy atom. The Balaban J connectivity index is 1.45. The van der Waals surface area contributed by atoms with Crippen molar-refractivity contribution in [3.63, 3.8) is 0 Å². The molecular weight excluding hydrogens is 382 g/mol. The number of para-hydroxylation sites is 2. The zero-order valence-electron chi connectivity index (χ0n) is 16.5. The van der Waals surface area contributed by atoms with Gasteiger partial charge in [-0.05, 0) is 48.8 Å². The van der Waals surface area contributed by atoms with Gasteiger partial charge in [0.1, 0.15) is 12.4 Å². The highest BCUT2D eigenvalue weighted by atomic mass is 32.1. The molecule has 0 bridgehead atoms. The van der Waals surface area contributed by atoms with Crippen LogP contribution in [-0.4, -0.2) is 44.0 Å². The van der Waals surface area contributed by atoms with E-state index >= 15 is 0 Å². The van der Waals surface area contributed by atoms with Gasteiger partial charge in [-0.2, -0.15) is 0 Å². The lowest BCUT2D eigenvalue weighted by atomic mass is 10.1. The Labute approximate surface area is 175 Å². The van der Waals surface area contributed by atoms with Crippen molar-refractivity contribution < 1.29 is 9.53 Å². The van der Waals surface area contributed by atoms with Crippen molar-refractivity contribution in [2.24, 2.45) is 0 Å². The van der Waals surface area contributed by atoms with Crippen LogP contribution in [0.4, 0.5) is 11.4 Å². The summed E-state index contributed by atoms with van der Waals surface area (Å²) >= 11 is 1.66. The summed E-state index contributed by atoms with van der Waals surface area (Å²) < 4.78 is 5.84. The molecule has 0 unspecified atom stereocenters. The Kier molecular flexibility index (Phi) is 6.12. The standard InChI is InChI=1S/C23H25N3O2S/c1-25-11-13-26(14-12-25)22-10-3-2-9-21(22)24-23(27)18-6-4-7-19(16-18)28-17-20-8-5-15-29-20/h2-10,15-16H,11-14,17H2,1H3,(H,24,27). The number of hydrogen-bond acceptors (Lipinski definition) is 5. The highest BCUT2D eigenvalue weighted by Crippen LogP contribution is 2.27. The van der Waals surface area contributed by atoms with Crippen LogP contribution in [0.3, 0.4) is 0 Å². The molecule has 2 heterocycles. The topological polar surface area (TPSA) is 44.8 Å². The van der Waals surface area contributed by atoms with Crippen molar-refractivity contribution in [1.82, 2.24) is 4.90 Å². The molecule has 1 amide bonds. The lowest BCUT2D eigenvalue weighted by Crippen LogP contribution is -2.44. The fourth-order valence-electron chi connectivity index (χ4n) is 3.37. The number of benzene rings is 2. The number of piperazine rings is 1. The molecule has 0 spiro atoms. The minimum absolute atomic E-state index is 0.131. The molecule has 0 atom stereocenters. The van der Waals surface area contributed by atoms with Gasteiger partial charge in [0.2, 0.25) is 0 Å². The van der Waals surface area contributed by atoms with E-state index in [0.29, 0.717) is 17.9 Å². The minimum Gasteiger partial charge on any atom is -0.488 e. The van der Waals surface area contributed by atoms with Gasteiger partial charge >= 0.3 is 0 Å². The normalized spacial score (nSPS) is 14.6. The van der Waals surface area contributed by atoms with Crippen molar-refractivity contribution >= 4 is 28.6 Å². The second-order valence-electron chi connectivity index (χ2n) is 7.16. The van der Waals surface area contributed by atoms with E-state index in [-0.39, 0.29) is 5.91 Å². The summed E-state index contributed by atoms with van der Waals surface area (Å²) in [5, 5.41) is 5.11. The highest BCUT2D eigenvalue weighted by Gasteiger charge is 2.18. The summed E-state index contributed by atoms with van der Waals surface area (Å²) in [5.41, 5.74) is 2.49. The molecule has 4 rings (SSSR count). The average Bonchev–Trinajstić information content (AvgIpc) is 3.27. The van der Waals surface area contributed by atoms with Crippen LogP contribution in [0.5, 0.6) is 5.75 Å². The third-order valence-electron chi connectivity index (χ3n) is 5.05. The van der Waals surface area contributed by atoms with E-state index in [1.54, 1.807) is 17.4 Å². The molecule has 3 aromatic rings. The number of amides is 1. The number of rotatable bonds is 6. The van der Waals surface area contributed by atoms with Gasteiger partial charge in [-0.25, -0.2) is 0 Å². The van der Waals surface area contributed by atoms with Crippen LogP contribution in [0.2, 0.25) is 0 Å². The molecule has 1 N–H and O–H groups in total. The predicted octanol–water partition coefficient (Wildman–Crippen LogP) is 4.33. The Morgan fingerprint density at radius 2 is 1.86 bits per heavy atom. The highest BCUT2D eigenvalue weighted by molar-refractivity contribution is 7.09. The Morgan fingerprint density at radius 3 is 2.66 bits per heavy atom. The van der Waals surface area contributed by atoms with E-state index in [1.807, 2.05) is 53.9 Å². The lowest BCUT2D eigenvalue weighted by molar-refractivity contribution is 0.102. The molecule has 1 aromatic heterocycles. The summed E-state index contributed by atoms with van der Waals surface area (Å²) in [6, 6.07) is 19.4. The van der Waals surface area contributed by atoms with Crippen LogP contribution in [-0.2, 0) is 6.61 Å². The number of anilines is 2. The zero-order valence-corrected chi connectivity index (χ0v) is 17.3. The molecule has 0 aliphatic carbocycles. The smallest absolute Gasteiger partial charge is 0.255 e. The fraction of sp³-hybridized carbons (Fsp3) is 0.261. The molecule has 2 aromatic carbocycles. The number of nitrogens with one attached hydrogen (secondary N) is 1. The van der Waals surface area contributed by atoms with E-state index in [2.05, 4.69) is 28.2 Å². The van der Waals surface area contributed by atoms with E-state index in [9.17, 15) is 4.79 Å². The van der Waals surface area contributed by atoms with E-state index < -0.39 is 0 Å². The maximum Gasteiger partial charge on any atom is 0.255 e. The molecule has 1 saturated heterocycles. The molecule has 150 valence electrons. The third kappa shape index (κ3) is 4.96. The first-order chi connectivity index (χ1) is 14.2. The van der Waals surface area contributed by atoms with Gasteiger partial charge in [-0.3, -0.25) is 4.79 Å². The summed E-state index contributed by atoms with van der Waals surface area (Å²) in [6.45, 7) is 4.46. The fourth-order valence-corrected chi connectivity index (χ4v) is 3.99. The molecule has 0 saturated carbocycles. The van der Waals surface area contributed by atoms with Gasteiger partial charge < -0.3 is 19.9 Å². The average molecular weight is 408 g/mol. The number of hydrogen-bond donors (Lipinski definition) is 1. The zero-order chi connectivity index (χ0) is 20.1. The van der Waals surface area contributed by atoms with E-state index in [4.69, 9.17) is 4.74 Å². The van der Waals surface area contributed by atoms with Crippen LogP contribution < -0.4 is 15.0 Å². The SMILES string of the molecule is CN1CCN(c2ccccc2NC(=O)c2cccc(OCc3cccs3)c2)CC1. The number of thiophene rings is 1. The number of nitrogens with zero attached hydrogens (tertiary/aromatic N) is 2. The van der Waals surface area contributed by atoms with E-state index in [0.717, 1.165) is 42.4 Å². The van der Waals surface area contributed by atoms with Crippen LogP contribution in [0, 0.1) is 0 Å². The largest absolute Gasteiger partial charge is 0.488 e. The summed E-state index contributed by atoms with van der Waals surface area (Å²) in [6.07, 6.45) is 0. The second-order valence-corrected chi connectivity index (χ2v) is 8.19. The van der Waals surface area contributed by atoms with Gasteiger partial charge in [0, 0.05) is 36.6 Å². The summed E-state index contributed by atoms with van der Waals surface area (Å²) in [7, 11) is 2.14. The molecule has 29 heavy (non-hydrogen) atoms. The Hall–Kier alpha value is -2.83. The molecule has 1 aliphatic rings. The van der Waals surface area contributed by atoms with Crippen LogP contribution >= 0.6 is 11.3 Å². The number of ether oxygens (including phenoxy) is 1. The minimum atomic E-state index is -0.131. The molecule has 0 radical (unpaired) electrons. The lowest BCUT2D eigenvalue weighted by Gasteiger charge is -2.35. The second kappa shape index (κ2) is 9.11. The first-order valence-corrected chi connectivity index (χ1v) is 10.7. The van der Waals surface area contributed by atoms with Crippen molar-refractivity contribution in [2.75, 3.05) is 43.4 Å². The van der Waals surface area contributed by atoms with Crippen molar-refractivity contribution in [3.8, 4) is 5.75 Å². The van der Waals surface area contributed by atoms with Crippen LogP contribution in [0.25, 0.3) is 0 Å². The molecule has 5 nitrogen and oxygen atoms in total. The number of carbonyl (C=O) groups excluding carboxylic acids is 1. The molecule has 6 heteroatoms. The Bertz CT molecular complexity index is 950. The first kappa shape index (κ1) is 19.5. The summed E-state index contributed by atoms with van der Waals surface area (Å²) in [5.74, 6) is 0.562. The molecular formula is C23H25N3O2S. The van der Waals surface area contributed by atoms with Gasteiger partial charge in [0.15, 0.2) is 0 Å². The number of carbonyl (C=O) groups is 1. The molecule has 1 fully saturated rings. The van der Waals surface area contributed by atoms with Crippen molar-refractivity contribution in [3.05, 3.63) is 76.5 Å².